The molecule has 0 spiro atoms. The van der Waals surface area contributed by atoms with Crippen LogP contribution in [0, 0.1) is 18.6 Å². The van der Waals surface area contributed by atoms with Gasteiger partial charge in [-0.3, -0.25) is 4.98 Å². The van der Waals surface area contributed by atoms with Gasteiger partial charge in [0.15, 0.2) is 0 Å². The molecular weight excluding hydrogens is 466 g/mol. The first-order valence-corrected chi connectivity index (χ1v) is 10.8. The van der Waals surface area contributed by atoms with Crippen LogP contribution in [0.25, 0.3) is 11.3 Å². The molecule has 1 saturated heterocycles. The average Bonchev–Trinajstić information content (AvgIpc) is 3.23. The molecule has 5 atom stereocenters. The molecule has 0 radical (unpaired) electrons. The number of hydrogen-bond donors (Lipinski definition) is 3. The second-order valence-corrected chi connectivity index (χ2v) is 8.91. The molecule has 12 heteroatoms. The number of rotatable bonds is 5. The van der Waals surface area contributed by atoms with Crippen molar-refractivity contribution in [3.8, 4) is 11.3 Å². The second kappa shape index (κ2) is 9.38. The zero-order chi connectivity index (χ0) is 23.0. The molecule has 4 rings (SSSR count). The zero-order valence-electron chi connectivity index (χ0n) is 16.6. The Balaban J connectivity index is 1.64. The number of hydrogen-bond acceptors (Lipinski definition) is 8. The quantitative estimate of drug-likeness (QED) is 0.506. The van der Waals surface area contributed by atoms with Crippen LogP contribution in [0.4, 0.5) is 8.78 Å². The van der Waals surface area contributed by atoms with E-state index in [-0.39, 0.29) is 16.8 Å². The average molecular weight is 485 g/mol. The van der Waals surface area contributed by atoms with Gasteiger partial charge in [-0.2, -0.15) is 0 Å². The van der Waals surface area contributed by atoms with Crippen LogP contribution in [0.5, 0.6) is 0 Å². The fraction of sp³-hybridized carbons (Fsp3) is 0.350. The van der Waals surface area contributed by atoms with Gasteiger partial charge in [0.25, 0.3) is 0 Å². The molecule has 1 aliphatic rings. The van der Waals surface area contributed by atoms with Crippen LogP contribution in [0.1, 0.15) is 11.6 Å². The first kappa shape index (κ1) is 23.0. The predicted octanol–water partition coefficient (Wildman–Crippen LogP) is 2.35. The van der Waals surface area contributed by atoms with Gasteiger partial charge in [0.05, 0.1) is 17.8 Å². The topological polar surface area (TPSA) is 114 Å². The monoisotopic (exact) mass is 484 g/mol. The van der Waals surface area contributed by atoms with Crippen LogP contribution in [0.3, 0.4) is 0 Å². The molecule has 0 bridgehead atoms. The van der Waals surface area contributed by atoms with Crippen molar-refractivity contribution in [3.05, 3.63) is 59.0 Å². The van der Waals surface area contributed by atoms with Crippen LogP contribution in [-0.4, -0.2) is 65.7 Å². The molecule has 170 valence electrons. The van der Waals surface area contributed by atoms with Crippen molar-refractivity contribution in [2.45, 2.75) is 41.6 Å². The van der Waals surface area contributed by atoms with Crippen molar-refractivity contribution in [1.29, 1.82) is 0 Å². The Hall–Kier alpha value is -2.15. The molecule has 32 heavy (non-hydrogen) atoms. The van der Waals surface area contributed by atoms with E-state index in [1.54, 1.807) is 6.07 Å². The van der Waals surface area contributed by atoms with Crippen LogP contribution < -0.4 is 0 Å². The first-order chi connectivity index (χ1) is 15.3. The largest absolute Gasteiger partial charge is 0.394 e. The Kier molecular flexibility index (Phi) is 6.75. The summed E-state index contributed by atoms with van der Waals surface area (Å²) < 4.78 is 34.8. The van der Waals surface area contributed by atoms with Gasteiger partial charge in [-0.1, -0.05) is 28.6 Å². The van der Waals surface area contributed by atoms with Crippen molar-refractivity contribution >= 4 is 23.4 Å². The van der Waals surface area contributed by atoms with E-state index in [2.05, 4.69) is 15.3 Å². The lowest BCUT2D eigenvalue weighted by Crippen LogP contribution is -2.55. The predicted molar refractivity (Wildman–Crippen MR) is 112 cm³/mol. The van der Waals surface area contributed by atoms with Crippen LogP contribution in [0.2, 0.25) is 5.02 Å². The van der Waals surface area contributed by atoms with Gasteiger partial charge in [-0.15, -0.1) is 5.10 Å². The summed E-state index contributed by atoms with van der Waals surface area (Å²) in [4.78, 5) is 4.60. The number of nitrogens with zero attached hydrogens (tertiary/aromatic N) is 4. The van der Waals surface area contributed by atoms with Gasteiger partial charge in [-0.25, -0.2) is 13.5 Å². The number of thioether (sulfide) groups is 1. The molecule has 1 aromatic carbocycles. The van der Waals surface area contributed by atoms with Gasteiger partial charge in [0, 0.05) is 28.4 Å². The fourth-order valence-corrected chi connectivity index (χ4v) is 4.74. The summed E-state index contributed by atoms with van der Waals surface area (Å²) in [7, 11) is 0. The molecule has 2 aromatic heterocycles. The molecule has 3 N–H and O–H groups in total. The normalized spacial score (nSPS) is 25.8. The lowest BCUT2D eigenvalue weighted by atomic mass is 9.97. The summed E-state index contributed by atoms with van der Waals surface area (Å²) in [6, 6.07) is 2.85. The fourth-order valence-electron chi connectivity index (χ4n) is 3.42. The van der Waals surface area contributed by atoms with Crippen molar-refractivity contribution in [3.63, 3.8) is 0 Å². The number of benzene rings is 1. The van der Waals surface area contributed by atoms with E-state index in [9.17, 15) is 24.1 Å². The third-order valence-electron chi connectivity index (χ3n) is 5.17. The highest BCUT2D eigenvalue weighted by molar-refractivity contribution is 7.99. The Morgan fingerprint density at radius 1 is 1.16 bits per heavy atom. The first-order valence-electron chi connectivity index (χ1n) is 9.56. The van der Waals surface area contributed by atoms with E-state index in [0.29, 0.717) is 9.92 Å². The molecular formula is C20H19ClF2N4O4S. The highest BCUT2D eigenvalue weighted by atomic mass is 35.5. The standard InChI is InChI=1S/C20H19ClF2N4O4S/c1-9-13(22)2-10(3-14(9)23)15-7-27(26-25-15)17-18(29)16(8-28)31-20(19(17)30)32-12-4-11(21)5-24-6-12/h2-7,16-20,28-30H,8H2,1H3. The van der Waals surface area contributed by atoms with E-state index in [1.807, 2.05) is 0 Å². The molecule has 1 fully saturated rings. The minimum atomic E-state index is -1.33. The number of aromatic nitrogens is 4. The molecule has 3 aromatic rings. The lowest BCUT2D eigenvalue weighted by Gasteiger charge is -2.41. The van der Waals surface area contributed by atoms with E-state index < -0.39 is 48.0 Å². The van der Waals surface area contributed by atoms with Gasteiger partial charge in [0.1, 0.15) is 47.1 Å². The minimum absolute atomic E-state index is 0.113. The lowest BCUT2D eigenvalue weighted by molar-refractivity contribution is -0.178. The number of ether oxygens (including phenoxy) is 1. The molecule has 1 aliphatic heterocycles. The number of aliphatic hydroxyl groups excluding tert-OH is 3. The number of halogens is 3. The van der Waals surface area contributed by atoms with E-state index >= 15 is 0 Å². The van der Waals surface area contributed by atoms with Crippen molar-refractivity contribution in [2.24, 2.45) is 0 Å². The zero-order valence-corrected chi connectivity index (χ0v) is 18.2. The van der Waals surface area contributed by atoms with Gasteiger partial charge in [0.2, 0.25) is 0 Å². The molecule has 3 heterocycles. The van der Waals surface area contributed by atoms with Gasteiger partial charge in [-0.05, 0) is 25.1 Å². The van der Waals surface area contributed by atoms with E-state index in [1.165, 1.54) is 30.2 Å². The Labute approximate surface area is 190 Å². The smallest absolute Gasteiger partial charge is 0.136 e. The minimum Gasteiger partial charge on any atom is -0.394 e. The number of pyridine rings is 1. The molecule has 0 aliphatic carbocycles. The summed E-state index contributed by atoms with van der Waals surface area (Å²) in [6.07, 6.45) is 0.733. The van der Waals surface area contributed by atoms with Crippen LogP contribution in [0.15, 0.2) is 41.7 Å². The maximum Gasteiger partial charge on any atom is 0.136 e. The molecule has 0 amide bonds. The maximum absolute atomic E-state index is 14.0. The highest BCUT2D eigenvalue weighted by Crippen LogP contribution is 2.38. The third-order valence-corrected chi connectivity index (χ3v) is 6.50. The third kappa shape index (κ3) is 4.49. The summed E-state index contributed by atoms with van der Waals surface area (Å²) in [5.41, 5.74) is -0.708. The van der Waals surface area contributed by atoms with E-state index in [4.69, 9.17) is 16.3 Å². The molecule has 0 saturated carbocycles. The van der Waals surface area contributed by atoms with Crippen molar-refractivity contribution < 1.29 is 28.8 Å². The summed E-state index contributed by atoms with van der Waals surface area (Å²) in [5.74, 6) is -1.46. The Morgan fingerprint density at radius 2 is 1.88 bits per heavy atom. The van der Waals surface area contributed by atoms with Crippen LogP contribution in [-0.2, 0) is 4.74 Å². The highest BCUT2D eigenvalue weighted by Gasteiger charge is 2.46. The Morgan fingerprint density at radius 3 is 2.53 bits per heavy atom. The Bertz CT molecular complexity index is 1100. The summed E-state index contributed by atoms with van der Waals surface area (Å²) >= 11 is 7.07. The maximum atomic E-state index is 14.0. The molecule has 5 unspecified atom stereocenters. The summed E-state index contributed by atoms with van der Waals surface area (Å²) in [5, 5.41) is 39.6. The number of aliphatic hydroxyl groups is 3. The summed E-state index contributed by atoms with van der Waals surface area (Å²) in [6.45, 7) is 0.813. The SMILES string of the molecule is Cc1c(F)cc(-c2cn(C3C(O)C(CO)OC(Sc4cncc(Cl)c4)C3O)nn2)cc1F. The van der Waals surface area contributed by atoms with E-state index in [0.717, 1.165) is 23.9 Å². The van der Waals surface area contributed by atoms with Gasteiger partial charge >= 0.3 is 0 Å². The second-order valence-electron chi connectivity index (χ2n) is 7.30. The van der Waals surface area contributed by atoms with Crippen molar-refractivity contribution in [2.75, 3.05) is 6.61 Å². The van der Waals surface area contributed by atoms with Crippen molar-refractivity contribution in [1.82, 2.24) is 20.0 Å². The van der Waals surface area contributed by atoms with Crippen LogP contribution >= 0.6 is 23.4 Å². The molecule has 8 nitrogen and oxygen atoms in total. The van der Waals surface area contributed by atoms with Gasteiger partial charge < -0.3 is 20.1 Å².